The first-order valence-corrected chi connectivity index (χ1v) is 6.86. The van der Waals surface area contributed by atoms with Crippen molar-refractivity contribution in [3.05, 3.63) is 53.5 Å². The molecular formula is C17H21N3O. The van der Waals surface area contributed by atoms with Crippen molar-refractivity contribution in [3.63, 3.8) is 0 Å². The number of nitrogens with zero attached hydrogens (tertiary/aromatic N) is 2. The van der Waals surface area contributed by atoms with Crippen LogP contribution in [0.4, 0.5) is 0 Å². The van der Waals surface area contributed by atoms with E-state index in [4.69, 9.17) is 0 Å². The summed E-state index contributed by atoms with van der Waals surface area (Å²) in [6.45, 7) is 9.91. The van der Waals surface area contributed by atoms with Crippen LogP contribution >= 0.6 is 0 Å². The van der Waals surface area contributed by atoms with Crippen molar-refractivity contribution in [2.75, 3.05) is 7.05 Å². The molecule has 21 heavy (non-hydrogen) atoms. The third-order valence-corrected chi connectivity index (χ3v) is 3.46. The summed E-state index contributed by atoms with van der Waals surface area (Å²) in [4.78, 5) is 17.5. The maximum atomic E-state index is 12.1. The summed E-state index contributed by atoms with van der Waals surface area (Å²) in [5.41, 5.74) is 3.61. The molecule has 0 atom stereocenters. The molecule has 1 heterocycles. The summed E-state index contributed by atoms with van der Waals surface area (Å²) < 4.78 is 0. The fourth-order valence-electron chi connectivity index (χ4n) is 2.17. The van der Waals surface area contributed by atoms with Gasteiger partial charge in [-0.25, -0.2) is 0 Å². The zero-order chi connectivity index (χ0) is 15.6. The van der Waals surface area contributed by atoms with Gasteiger partial charge in [0.15, 0.2) is 0 Å². The predicted molar refractivity (Wildman–Crippen MR) is 86.7 cm³/mol. The van der Waals surface area contributed by atoms with Gasteiger partial charge >= 0.3 is 0 Å². The number of rotatable bonds is 2. The van der Waals surface area contributed by atoms with Gasteiger partial charge in [-0.3, -0.25) is 9.79 Å². The molecule has 1 aliphatic heterocycles. The lowest BCUT2D eigenvalue weighted by atomic mass is 9.86. The summed E-state index contributed by atoms with van der Waals surface area (Å²) >= 11 is 0. The number of nitrogens with one attached hydrogen (secondary N) is 1. The number of benzene rings is 1. The van der Waals surface area contributed by atoms with Gasteiger partial charge in [0, 0.05) is 13.2 Å². The Hall–Kier alpha value is -2.36. The highest BCUT2D eigenvalue weighted by atomic mass is 16.2. The summed E-state index contributed by atoms with van der Waals surface area (Å²) in [6.07, 6.45) is 3.33. The third-order valence-electron chi connectivity index (χ3n) is 3.46. The molecule has 1 aromatic rings. The van der Waals surface area contributed by atoms with Gasteiger partial charge in [0.05, 0.1) is 11.9 Å². The van der Waals surface area contributed by atoms with Crippen molar-refractivity contribution in [1.29, 1.82) is 0 Å². The van der Waals surface area contributed by atoms with E-state index in [1.165, 1.54) is 11.8 Å². The minimum absolute atomic E-state index is 0.116. The summed E-state index contributed by atoms with van der Waals surface area (Å²) in [5.74, 6) is -0.178. The Morgan fingerprint density at radius 2 is 1.86 bits per heavy atom. The van der Waals surface area contributed by atoms with Gasteiger partial charge in [0.25, 0.3) is 5.91 Å². The molecule has 0 fully saturated rings. The Morgan fingerprint density at radius 1 is 1.24 bits per heavy atom. The second kappa shape index (κ2) is 5.56. The molecule has 0 spiro atoms. The van der Waals surface area contributed by atoms with Crippen LogP contribution in [-0.4, -0.2) is 24.6 Å². The molecule has 2 rings (SSSR count). The van der Waals surface area contributed by atoms with Crippen LogP contribution in [0.3, 0.4) is 0 Å². The number of likely N-dealkylation sites (N-methyl/N-ethyl adjacent to an activating group) is 1. The minimum atomic E-state index is -0.178. The van der Waals surface area contributed by atoms with Crippen LogP contribution in [-0.2, 0) is 10.2 Å². The Bertz CT molecular complexity index is 618. The van der Waals surface area contributed by atoms with E-state index in [1.807, 2.05) is 25.4 Å². The van der Waals surface area contributed by atoms with Gasteiger partial charge in [0.2, 0.25) is 0 Å². The molecule has 0 bridgehead atoms. The Morgan fingerprint density at radius 3 is 2.33 bits per heavy atom. The van der Waals surface area contributed by atoms with Crippen molar-refractivity contribution >= 4 is 18.3 Å². The molecule has 0 aromatic heterocycles. The molecule has 110 valence electrons. The third kappa shape index (κ3) is 3.21. The number of carbonyl (C=O) groups is 1. The van der Waals surface area contributed by atoms with E-state index in [2.05, 4.69) is 49.9 Å². The normalized spacial score (nSPS) is 17.5. The zero-order valence-electron chi connectivity index (χ0n) is 13.0. The van der Waals surface area contributed by atoms with Gasteiger partial charge in [-0.1, -0.05) is 45.0 Å². The molecule has 0 saturated carbocycles. The highest BCUT2D eigenvalue weighted by molar-refractivity contribution is 6.00. The number of aliphatic imine (C=N–C) groups is 1. The Balaban J connectivity index is 2.31. The average Bonchev–Trinajstić information content (AvgIpc) is 2.42. The predicted octanol–water partition coefficient (Wildman–Crippen LogP) is 2.89. The number of hydrogen-bond acceptors (Lipinski definition) is 3. The van der Waals surface area contributed by atoms with Crippen molar-refractivity contribution in [2.24, 2.45) is 4.99 Å². The Labute approximate surface area is 125 Å². The number of amides is 1. The second-order valence-electron chi connectivity index (χ2n) is 6.13. The standard InChI is InChI=1S/C17H21N3O/c1-17(2,3)13-8-6-12(7-9-13)14-11-20(5)15(10-18-4)16(21)19-14/h6-11H,4H2,1-3,5H3,(H,19,21). The molecule has 0 radical (unpaired) electrons. The SMILES string of the molecule is C=NC=C1C(=O)NC(c2ccc(C(C)(C)C)cc2)=CN1C. The van der Waals surface area contributed by atoms with Gasteiger partial charge in [0.1, 0.15) is 5.70 Å². The van der Waals surface area contributed by atoms with Crippen molar-refractivity contribution in [3.8, 4) is 0 Å². The average molecular weight is 283 g/mol. The van der Waals surface area contributed by atoms with E-state index in [9.17, 15) is 4.79 Å². The second-order valence-corrected chi connectivity index (χ2v) is 6.13. The summed E-state index contributed by atoms with van der Waals surface area (Å²) in [6, 6.07) is 8.25. The summed E-state index contributed by atoms with van der Waals surface area (Å²) in [7, 11) is 1.82. The highest BCUT2D eigenvalue weighted by Crippen LogP contribution is 2.25. The molecule has 1 aromatic carbocycles. The van der Waals surface area contributed by atoms with E-state index in [-0.39, 0.29) is 11.3 Å². The molecule has 4 heteroatoms. The van der Waals surface area contributed by atoms with Gasteiger partial charge in [-0.15, -0.1) is 0 Å². The number of carbonyl (C=O) groups excluding carboxylic acids is 1. The molecule has 0 saturated heterocycles. The number of hydrogen-bond donors (Lipinski definition) is 1. The maximum absolute atomic E-state index is 12.1. The van der Waals surface area contributed by atoms with E-state index in [0.29, 0.717) is 5.70 Å². The molecule has 4 nitrogen and oxygen atoms in total. The maximum Gasteiger partial charge on any atom is 0.273 e. The lowest BCUT2D eigenvalue weighted by molar-refractivity contribution is -0.117. The Kier molecular flexibility index (Phi) is 3.98. The van der Waals surface area contributed by atoms with Gasteiger partial charge in [-0.05, 0) is 23.3 Å². The fraction of sp³-hybridized carbons (Fsp3) is 0.294. The molecule has 0 aliphatic carbocycles. The first-order chi connectivity index (χ1) is 9.82. The van der Waals surface area contributed by atoms with Crippen LogP contribution in [0, 0.1) is 0 Å². The van der Waals surface area contributed by atoms with Crippen LogP contribution in [0.25, 0.3) is 5.70 Å². The largest absolute Gasteiger partial charge is 0.343 e. The van der Waals surface area contributed by atoms with E-state index < -0.39 is 0 Å². The molecule has 1 N–H and O–H groups in total. The lowest BCUT2D eigenvalue weighted by Crippen LogP contribution is -2.35. The van der Waals surface area contributed by atoms with Crippen LogP contribution in [0.5, 0.6) is 0 Å². The van der Waals surface area contributed by atoms with Gasteiger partial charge in [-0.2, -0.15) is 0 Å². The molecular weight excluding hydrogens is 262 g/mol. The molecule has 1 aliphatic rings. The van der Waals surface area contributed by atoms with E-state index in [0.717, 1.165) is 11.3 Å². The van der Waals surface area contributed by atoms with Crippen LogP contribution in [0.2, 0.25) is 0 Å². The van der Waals surface area contributed by atoms with Crippen molar-refractivity contribution in [1.82, 2.24) is 10.2 Å². The summed E-state index contributed by atoms with van der Waals surface area (Å²) in [5, 5.41) is 2.88. The van der Waals surface area contributed by atoms with Crippen molar-refractivity contribution in [2.45, 2.75) is 26.2 Å². The van der Waals surface area contributed by atoms with Crippen LogP contribution in [0.1, 0.15) is 31.9 Å². The van der Waals surface area contributed by atoms with E-state index >= 15 is 0 Å². The lowest BCUT2D eigenvalue weighted by Gasteiger charge is -2.26. The smallest absolute Gasteiger partial charge is 0.273 e. The first-order valence-electron chi connectivity index (χ1n) is 6.86. The highest BCUT2D eigenvalue weighted by Gasteiger charge is 2.21. The quantitative estimate of drug-likeness (QED) is 0.670. The van der Waals surface area contributed by atoms with E-state index in [1.54, 1.807) is 4.90 Å². The molecule has 0 unspecified atom stereocenters. The minimum Gasteiger partial charge on any atom is -0.343 e. The van der Waals surface area contributed by atoms with Crippen LogP contribution < -0.4 is 5.32 Å². The first kappa shape index (κ1) is 15.0. The molecule has 1 amide bonds. The topological polar surface area (TPSA) is 44.7 Å². The fourth-order valence-corrected chi connectivity index (χ4v) is 2.17. The van der Waals surface area contributed by atoms with Gasteiger partial charge < -0.3 is 10.2 Å². The van der Waals surface area contributed by atoms with Crippen molar-refractivity contribution < 1.29 is 4.79 Å². The zero-order valence-corrected chi connectivity index (χ0v) is 13.0. The monoisotopic (exact) mass is 283 g/mol. The van der Waals surface area contributed by atoms with Crippen LogP contribution in [0.15, 0.2) is 47.4 Å².